The highest BCUT2D eigenvalue weighted by Crippen LogP contribution is 2.40. The Labute approximate surface area is 230 Å². The van der Waals surface area contributed by atoms with E-state index in [4.69, 9.17) is 9.47 Å². The number of carboxylic acid groups (broad SMARTS) is 1. The Kier molecular flexibility index (Phi) is 8.17. The minimum absolute atomic E-state index is 0.145. The summed E-state index contributed by atoms with van der Waals surface area (Å²) in [6, 6.07) is 22.0. The first-order chi connectivity index (χ1) is 19.0. The predicted octanol–water partition coefficient (Wildman–Crippen LogP) is 5.23. The molecule has 0 aromatic heterocycles. The van der Waals surface area contributed by atoms with Crippen molar-refractivity contribution in [3.8, 4) is 11.5 Å². The van der Waals surface area contributed by atoms with Crippen LogP contribution in [0, 0.1) is 0 Å². The highest BCUT2D eigenvalue weighted by Gasteiger charge is 2.42. The van der Waals surface area contributed by atoms with Gasteiger partial charge in [-0.1, -0.05) is 79.6 Å². The van der Waals surface area contributed by atoms with Gasteiger partial charge in [0.05, 0.1) is 7.11 Å². The summed E-state index contributed by atoms with van der Waals surface area (Å²) in [7, 11) is 3.58. The third-order valence-corrected chi connectivity index (χ3v) is 8.11. The topological polar surface area (TPSA) is 79.3 Å². The lowest BCUT2D eigenvalue weighted by Gasteiger charge is -2.40. The summed E-state index contributed by atoms with van der Waals surface area (Å²) in [6.45, 7) is 0.523. The van der Waals surface area contributed by atoms with Crippen LogP contribution >= 0.6 is 0 Å². The molecule has 39 heavy (non-hydrogen) atoms. The quantitative estimate of drug-likeness (QED) is 0.410. The average Bonchev–Trinajstić information content (AvgIpc) is 3.51. The number of rotatable bonds is 9. The van der Waals surface area contributed by atoms with E-state index in [9.17, 15) is 14.7 Å². The highest BCUT2D eigenvalue weighted by molar-refractivity contribution is 5.89. The second-order valence-electron chi connectivity index (χ2n) is 10.5. The van der Waals surface area contributed by atoms with Crippen LogP contribution < -0.4 is 9.47 Å². The predicted molar refractivity (Wildman–Crippen MR) is 149 cm³/mol. The Bertz CT molecular complexity index is 1290. The fraction of sp³-hybridized carbons (Fsp3) is 0.375. The van der Waals surface area contributed by atoms with Gasteiger partial charge in [-0.15, -0.1) is 0 Å². The van der Waals surface area contributed by atoms with E-state index in [2.05, 4.69) is 4.90 Å². The zero-order valence-electron chi connectivity index (χ0n) is 22.6. The third-order valence-electron chi connectivity index (χ3n) is 8.11. The van der Waals surface area contributed by atoms with Crippen LogP contribution in [0.1, 0.15) is 54.0 Å². The molecule has 0 radical (unpaired) electrons. The summed E-state index contributed by atoms with van der Waals surface area (Å²) in [4.78, 5) is 30.6. The second-order valence-corrected chi connectivity index (χ2v) is 10.5. The molecule has 1 aliphatic heterocycles. The summed E-state index contributed by atoms with van der Waals surface area (Å²) >= 11 is 0. The van der Waals surface area contributed by atoms with Gasteiger partial charge in [-0.2, -0.15) is 0 Å². The molecule has 1 N–H and O–H groups in total. The number of nitrogens with zero attached hydrogens (tertiary/aromatic N) is 2. The summed E-state index contributed by atoms with van der Waals surface area (Å²) in [5, 5.41) is 10.3. The summed E-state index contributed by atoms with van der Waals surface area (Å²) in [5.74, 6) is -0.117. The zero-order valence-corrected chi connectivity index (χ0v) is 22.6. The van der Waals surface area contributed by atoms with E-state index in [0.29, 0.717) is 24.1 Å². The van der Waals surface area contributed by atoms with Crippen LogP contribution in [0.5, 0.6) is 11.5 Å². The molecule has 7 nitrogen and oxygen atoms in total. The van der Waals surface area contributed by atoms with Crippen LogP contribution in [-0.4, -0.2) is 53.0 Å². The molecular formula is C32H36N2O5. The number of hydrogen-bond donors (Lipinski definition) is 1. The van der Waals surface area contributed by atoms with Crippen molar-refractivity contribution in [3.05, 3.63) is 95.1 Å². The number of fused-ring (bicyclic) bond motifs is 1. The minimum Gasteiger partial charge on any atom is -0.493 e. The summed E-state index contributed by atoms with van der Waals surface area (Å²) in [6.07, 6.45) is 4.52. The molecular weight excluding hydrogens is 492 g/mol. The molecule has 7 heteroatoms. The van der Waals surface area contributed by atoms with Gasteiger partial charge >= 0.3 is 5.97 Å². The number of carbonyl (C=O) groups is 2. The smallest absolute Gasteiger partial charge is 0.326 e. The number of likely N-dealkylation sites (N-methyl/N-ethyl adjacent to an activating group) is 1. The van der Waals surface area contributed by atoms with Crippen molar-refractivity contribution in [1.82, 2.24) is 9.80 Å². The lowest BCUT2D eigenvalue weighted by atomic mass is 9.91. The van der Waals surface area contributed by atoms with Crippen LogP contribution in [0.2, 0.25) is 0 Å². The van der Waals surface area contributed by atoms with Gasteiger partial charge in [0.25, 0.3) is 0 Å². The Hall–Kier alpha value is -3.84. The SMILES string of the molecule is COc1ccc2c(c1OCc1ccccc1)CC(C(=O)O)N(C(=O)C(c1ccccc1)N(C)C1CCCC1)C2. The van der Waals surface area contributed by atoms with Crippen LogP contribution in [0.15, 0.2) is 72.8 Å². The largest absolute Gasteiger partial charge is 0.493 e. The molecule has 2 unspecified atom stereocenters. The van der Waals surface area contributed by atoms with Crippen LogP contribution in [-0.2, 0) is 29.2 Å². The van der Waals surface area contributed by atoms with Gasteiger partial charge in [-0.05, 0) is 42.6 Å². The Morgan fingerprint density at radius 3 is 2.31 bits per heavy atom. The average molecular weight is 529 g/mol. The third kappa shape index (κ3) is 5.64. The number of methoxy groups -OCH3 is 1. The van der Waals surface area contributed by atoms with Gasteiger partial charge in [0.2, 0.25) is 5.91 Å². The fourth-order valence-electron chi connectivity index (χ4n) is 5.98. The fourth-order valence-corrected chi connectivity index (χ4v) is 5.98. The number of benzene rings is 3. The molecule has 2 aliphatic rings. The molecule has 3 aromatic carbocycles. The maximum absolute atomic E-state index is 14.3. The van der Waals surface area contributed by atoms with Gasteiger partial charge < -0.3 is 19.5 Å². The molecule has 204 valence electrons. The summed E-state index contributed by atoms with van der Waals surface area (Å²) in [5.41, 5.74) is 3.54. The van der Waals surface area contributed by atoms with E-state index < -0.39 is 18.1 Å². The number of hydrogen-bond acceptors (Lipinski definition) is 5. The molecule has 1 aliphatic carbocycles. The Balaban J connectivity index is 1.48. The summed E-state index contributed by atoms with van der Waals surface area (Å²) < 4.78 is 11.8. The number of carbonyl (C=O) groups excluding carboxylic acids is 1. The molecule has 1 amide bonds. The molecule has 5 rings (SSSR count). The molecule has 2 atom stereocenters. The highest BCUT2D eigenvalue weighted by atomic mass is 16.5. The van der Waals surface area contributed by atoms with Crippen LogP contribution in [0.25, 0.3) is 0 Å². The van der Waals surface area contributed by atoms with E-state index in [0.717, 1.165) is 47.9 Å². The Morgan fingerprint density at radius 1 is 1.00 bits per heavy atom. The molecule has 3 aromatic rings. The lowest BCUT2D eigenvalue weighted by Crippen LogP contribution is -2.53. The maximum Gasteiger partial charge on any atom is 0.326 e. The molecule has 0 saturated heterocycles. The van der Waals surface area contributed by atoms with Crippen molar-refractivity contribution in [2.24, 2.45) is 0 Å². The second kappa shape index (κ2) is 11.9. The van der Waals surface area contributed by atoms with Crippen molar-refractivity contribution in [1.29, 1.82) is 0 Å². The van der Waals surface area contributed by atoms with E-state index in [1.54, 1.807) is 12.0 Å². The first-order valence-corrected chi connectivity index (χ1v) is 13.6. The van der Waals surface area contributed by atoms with Gasteiger partial charge in [-0.3, -0.25) is 9.69 Å². The van der Waals surface area contributed by atoms with Crippen molar-refractivity contribution >= 4 is 11.9 Å². The number of amides is 1. The standard InChI is InChI=1S/C32H36N2O5/c1-33(25-15-9-10-16-25)29(23-13-7-4-8-14-23)31(35)34-20-24-17-18-28(38-2)30(26(24)19-27(34)32(36)37)39-21-22-11-5-3-6-12-22/h3-8,11-14,17-18,25,27,29H,9-10,15-16,19-21H2,1-2H3,(H,36,37). The van der Waals surface area contributed by atoms with E-state index in [-0.39, 0.29) is 18.9 Å². The van der Waals surface area contributed by atoms with Crippen molar-refractivity contribution in [3.63, 3.8) is 0 Å². The maximum atomic E-state index is 14.3. The van der Waals surface area contributed by atoms with Crippen LogP contribution in [0.3, 0.4) is 0 Å². The van der Waals surface area contributed by atoms with Gasteiger partial charge in [0, 0.05) is 24.6 Å². The molecule has 0 bridgehead atoms. The Morgan fingerprint density at radius 2 is 1.67 bits per heavy atom. The van der Waals surface area contributed by atoms with E-state index >= 15 is 0 Å². The lowest BCUT2D eigenvalue weighted by molar-refractivity contribution is -0.154. The monoisotopic (exact) mass is 528 g/mol. The molecule has 1 heterocycles. The first-order valence-electron chi connectivity index (χ1n) is 13.6. The number of carboxylic acids is 1. The minimum atomic E-state index is -1.03. The number of ether oxygens (including phenoxy) is 2. The van der Waals surface area contributed by atoms with Gasteiger partial charge in [-0.25, -0.2) is 4.79 Å². The molecule has 1 fully saturated rings. The van der Waals surface area contributed by atoms with Crippen LogP contribution in [0.4, 0.5) is 0 Å². The number of aliphatic carboxylic acids is 1. The normalized spacial score (nSPS) is 18.0. The zero-order chi connectivity index (χ0) is 27.4. The van der Waals surface area contributed by atoms with Gasteiger partial charge in [0.15, 0.2) is 11.5 Å². The van der Waals surface area contributed by atoms with E-state index in [1.807, 2.05) is 79.8 Å². The first kappa shape index (κ1) is 26.8. The molecule has 1 saturated carbocycles. The van der Waals surface area contributed by atoms with Crippen molar-refractivity contribution in [2.75, 3.05) is 14.2 Å². The van der Waals surface area contributed by atoms with E-state index in [1.165, 1.54) is 0 Å². The van der Waals surface area contributed by atoms with Crippen molar-refractivity contribution in [2.45, 2.75) is 63.4 Å². The van der Waals surface area contributed by atoms with Crippen molar-refractivity contribution < 1.29 is 24.2 Å². The van der Waals surface area contributed by atoms with Gasteiger partial charge in [0.1, 0.15) is 18.7 Å². The molecule has 0 spiro atoms.